The second-order valence-electron chi connectivity index (χ2n) is 8.10. The van der Waals surface area contributed by atoms with Crippen molar-refractivity contribution in [1.29, 1.82) is 0 Å². The fraction of sp³-hybridized carbons (Fsp3) is 0. The number of para-hydroxylation sites is 4. The molecule has 7 rings (SSSR count). The zero-order valence-electron chi connectivity index (χ0n) is 17.6. The molecule has 156 valence electrons. The molecule has 0 saturated heterocycles. The number of hydrogen-bond acceptors (Lipinski definition) is 3. The zero-order valence-corrected chi connectivity index (χ0v) is 18.4. The van der Waals surface area contributed by atoms with Gasteiger partial charge in [-0.2, -0.15) is 0 Å². The largest absolute Gasteiger partial charge is 0.456 e. The highest BCUT2D eigenvalue weighted by Gasteiger charge is 2.24. The topological polar surface area (TPSA) is 18.5 Å². The molecule has 2 nitrogen and oxygen atoms in total. The maximum absolute atomic E-state index is 6.21. The van der Waals surface area contributed by atoms with E-state index in [1.807, 2.05) is 59.9 Å². The van der Waals surface area contributed by atoms with Crippen LogP contribution in [0.1, 0.15) is 22.3 Å². The van der Waals surface area contributed by atoms with Crippen molar-refractivity contribution in [2.45, 2.75) is 0 Å². The Morgan fingerprint density at radius 1 is 0.364 bits per heavy atom. The van der Waals surface area contributed by atoms with Gasteiger partial charge in [0, 0.05) is 42.5 Å². The fourth-order valence-electron chi connectivity index (χ4n) is 4.71. The lowest BCUT2D eigenvalue weighted by Gasteiger charge is -2.22. The number of fused-ring (bicyclic) bond motifs is 4. The maximum Gasteiger partial charge on any atom is 0.135 e. The van der Waals surface area contributed by atoms with Crippen LogP contribution in [0.5, 0.6) is 23.0 Å². The summed E-state index contributed by atoms with van der Waals surface area (Å²) in [5.41, 5.74) is 6.95. The molecule has 0 aliphatic carbocycles. The third-order valence-corrected chi connectivity index (χ3v) is 7.28. The first kappa shape index (κ1) is 18.5. The normalized spacial score (nSPS) is 13.2. The Morgan fingerprint density at radius 3 is 1.00 bits per heavy atom. The van der Waals surface area contributed by atoms with Gasteiger partial charge < -0.3 is 9.47 Å². The zero-order chi connectivity index (χ0) is 21.8. The van der Waals surface area contributed by atoms with Crippen LogP contribution in [-0.2, 0) is 0 Å². The van der Waals surface area contributed by atoms with Gasteiger partial charge in [-0.1, -0.05) is 72.8 Å². The lowest BCUT2D eigenvalue weighted by molar-refractivity contribution is 0.474. The standard InChI is InChI=1S/C30H18O2S/c1-5-13-23-19(9-1)29(20-10-2-6-14-24(20)31-23)27-17-18-28(33-27)30-21-11-3-7-15-25(21)32-26-16-8-4-12-22(26)30/h1-18H. The Morgan fingerprint density at radius 2 is 0.667 bits per heavy atom. The van der Waals surface area contributed by atoms with Crippen molar-refractivity contribution in [3.63, 3.8) is 0 Å². The summed E-state index contributed by atoms with van der Waals surface area (Å²) in [5, 5.41) is 0. The van der Waals surface area contributed by atoms with Crippen LogP contribution in [0.2, 0.25) is 0 Å². The molecule has 5 aromatic rings. The highest BCUT2D eigenvalue weighted by Crippen LogP contribution is 2.43. The van der Waals surface area contributed by atoms with Crippen LogP contribution < -0.4 is 18.5 Å². The van der Waals surface area contributed by atoms with Crippen molar-refractivity contribution < 1.29 is 9.47 Å². The number of hydrogen-bond donors (Lipinski definition) is 0. The summed E-state index contributed by atoms with van der Waals surface area (Å²) in [4.78, 5) is 0. The molecule has 3 heterocycles. The summed E-state index contributed by atoms with van der Waals surface area (Å²) in [7, 11) is 0. The molecule has 0 radical (unpaired) electrons. The first-order valence-electron chi connectivity index (χ1n) is 10.9. The van der Waals surface area contributed by atoms with Gasteiger partial charge in [-0.15, -0.1) is 11.3 Å². The second-order valence-corrected chi connectivity index (χ2v) is 9.19. The van der Waals surface area contributed by atoms with Crippen LogP contribution in [-0.4, -0.2) is 0 Å². The maximum atomic E-state index is 6.21. The first-order valence-corrected chi connectivity index (χ1v) is 11.8. The summed E-state index contributed by atoms with van der Waals surface area (Å²) in [6.07, 6.45) is 0. The van der Waals surface area contributed by atoms with Crippen molar-refractivity contribution in [2.75, 3.05) is 0 Å². The van der Waals surface area contributed by atoms with Gasteiger partial charge in [0.25, 0.3) is 0 Å². The van der Waals surface area contributed by atoms with Crippen molar-refractivity contribution in [3.05, 3.63) is 141 Å². The number of benzene rings is 4. The van der Waals surface area contributed by atoms with Crippen molar-refractivity contribution in [1.82, 2.24) is 0 Å². The van der Waals surface area contributed by atoms with E-state index < -0.39 is 0 Å². The molecule has 0 amide bonds. The molecule has 0 saturated carbocycles. The van der Waals surface area contributed by atoms with Crippen LogP contribution in [0.4, 0.5) is 0 Å². The summed E-state index contributed by atoms with van der Waals surface area (Å²) in [6.45, 7) is 0. The Bertz CT molecular complexity index is 1460. The minimum atomic E-state index is 0.899. The van der Waals surface area contributed by atoms with E-state index in [4.69, 9.17) is 9.47 Å². The van der Waals surface area contributed by atoms with Crippen LogP contribution in [0, 0.1) is 0 Å². The number of thiophene rings is 1. The lowest BCUT2D eigenvalue weighted by Crippen LogP contribution is -2.12. The summed E-state index contributed by atoms with van der Waals surface area (Å²) in [5.74, 6) is 3.59. The van der Waals surface area contributed by atoms with Crippen LogP contribution >= 0.6 is 11.3 Å². The molecule has 0 spiro atoms. The summed E-state index contributed by atoms with van der Waals surface area (Å²) >= 11 is 1.82. The van der Waals surface area contributed by atoms with E-state index in [1.54, 1.807) is 0 Å². The molecule has 3 heteroatoms. The lowest BCUT2D eigenvalue weighted by atomic mass is 9.94. The van der Waals surface area contributed by atoms with Crippen molar-refractivity contribution in [3.8, 4) is 23.0 Å². The minimum absolute atomic E-state index is 0.899. The van der Waals surface area contributed by atoms with Crippen LogP contribution in [0.3, 0.4) is 0 Å². The molecule has 2 aliphatic rings. The highest BCUT2D eigenvalue weighted by atomic mass is 32.1. The molecule has 33 heavy (non-hydrogen) atoms. The third kappa shape index (κ3) is 2.86. The highest BCUT2D eigenvalue weighted by molar-refractivity contribution is 7.08. The Hall–Kier alpha value is -4.08. The van der Waals surface area contributed by atoms with Crippen molar-refractivity contribution in [2.24, 2.45) is 0 Å². The van der Waals surface area contributed by atoms with Gasteiger partial charge >= 0.3 is 0 Å². The van der Waals surface area contributed by atoms with E-state index >= 15 is 0 Å². The summed E-state index contributed by atoms with van der Waals surface area (Å²) in [6, 6.07) is 37.6. The predicted molar refractivity (Wildman–Crippen MR) is 133 cm³/mol. The first-order chi connectivity index (χ1) is 16.4. The van der Waals surface area contributed by atoms with Crippen molar-refractivity contribution >= 4 is 22.5 Å². The molecule has 0 fully saturated rings. The predicted octanol–water partition coefficient (Wildman–Crippen LogP) is 6.45. The smallest absolute Gasteiger partial charge is 0.135 e. The SMILES string of the molecule is c1ccc2c(c1)Oc1ccccc1C2=c1ccc(=C2c3ccccc3Oc3ccccc32)s1. The van der Waals surface area contributed by atoms with Gasteiger partial charge in [-0.05, 0) is 36.4 Å². The molecular weight excluding hydrogens is 424 g/mol. The molecule has 4 aromatic carbocycles. The number of ether oxygens (including phenoxy) is 2. The molecular formula is C30H18O2S. The van der Waals surface area contributed by atoms with E-state index in [0.717, 1.165) is 45.3 Å². The van der Waals surface area contributed by atoms with E-state index in [-0.39, 0.29) is 0 Å². The van der Waals surface area contributed by atoms with Gasteiger partial charge in [0.15, 0.2) is 0 Å². The molecule has 0 unspecified atom stereocenters. The molecule has 1 aromatic heterocycles. The monoisotopic (exact) mass is 442 g/mol. The average molecular weight is 443 g/mol. The van der Waals surface area contributed by atoms with Gasteiger partial charge in [-0.3, -0.25) is 0 Å². The Kier molecular flexibility index (Phi) is 4.05. The molecule has 2 aliphatic heterocycles. The average Bonchev–Trinajstić information content (AvgIpc) is 3.35. The Balaban J connectivity index is 1.58. The second kappa shape index (κ2) is 7.22. The molecule has 0 atom stereocenters. The van der Waals surface area contributed by atoms with Gasteiger partial charge in [0.1, 0.15) is 23.0 Å². The van der Waals surface area contributed by atoms with Gasteiger partial charge in [0.2, 0.25) is 0 Å². The summed E-state index contributed by atoms with van der Waals surface area (Å²) < 4.78 is 14.9. The van der Waals surface area contributed by atoms with Gasteiger partial charge in [0.05, 0.1) is 0 Å². The van der Waals surface area contributed by atoms with E-state index in [9.17, 15) is 0 Å². The van der Waals surface area contributed by atoms with Gasteiger partial charge in [-0.25, -0.2) is 0 Å². The molecule has 0 bridgehead atoms. The van der Waals surface area contributed by atoms with Crippen LogP contribution in [0.25, 0.3) is 11.1 Å². The molecule has 0 N–H and O–H groups in total. The van der Waals surface area contributed by atoms with E-state index in [2.05, 4.69) is 60.7 Å². The fourth-order valence-corrected chi connectivity index (χ4v) is 5.87. The third-order valence-electron chi connectivity index (χ3n) is 6.16. The van der Waals surface area contributed by atoms with E-state index in [0.29, 0.717) is 0 Å². The minimum Gasteiger partial charge on any atom is -0.456 e. The number of rotatable bonds is 0. The van der Waals surface area contributed by atoms with E-state index in [1.165, 1.54) is 20.2 Å². The Labute approximate surface area is 195 Å². The van der Waals surface area contributed by atoms with Crippen LogP contribution in [0.15, 0.2) is 109 Å². The quantitative estimate of drug-likeness (QED) is 0.269.